The standard InChI is InChI=1S/C15H13ClF3NO2S2/c1-2-23-14-9-8-11(16)10-13(14)20(15(17,18)19)24(21,22)12-6-4-3-5-7-12/h3-10H,2H2,1H3. The Labute approximate surface area is 147 Å². The van der Waals surface area contributed by atoms with Gasteiger partial charge in [-0.2, -0.15) is 4.31 Å². The van der Waals surface area contributed by atoms with Gasteiger partial charge in [0.2, 0.25) is 0 Å². The number of halogens is 4. The highest BCUT2D eigenvalue weighted by Gasteiger charge is 2.47. The predicted octanol–water partition coefficient (Wildman–Crippen LogP) is 5.17. The molecule has 9 heteroatoms. The number of nitrogens with zero attached hydrogens (tertiary/aromatic N) is 1. The van der Waals surface area contributed by atoms with Crippen LogP contribution in [-0.2, 0) is 10.0 Å². The minimum Gasteiger partial charge on any atom is -0.201 e. The van der Waals surface area contributed by atoms with E-state index >= 15 is 0 Å². The highest BCUT2D eigenvalue weighted by molar-refractivity contribution is 7.99. The van der Waals surface area contributed by atoms with Crippen molar-refractivity contribution in [1.82, 2.24) is 0 Å². The lowest BCUT2D eigenvalue weighted by molar-refractivity contribution is -0.116. The van der Waals surface area contributed by atoms with E-state index in [9.17, 15) is 21.6 Å². The Morgan fingerprint density at radius 3 is 2.29 bits per heavy atom. The van der Waals surface area contributed by atoms with Crippen LogP contribution in [0.5, 0.6) is 0 Å². The van der Waals surface area contributed by atoms with Gasteiger partial charge in [-0.05, 0) is 36.1 Å². The molecule has 0 N–H and O–H groups in total. The minimum atomic E-state index is -5.14. The molecule has 2 rings (SSSR count). The SMILES string of the molecule is CCSc1ccc(Cl)cc1N(C(F)(F)F)S(=O)(=O)c1ccccc1. The lowest BCUT2D eigenvalue weighted by Gasteiger charge is -2.28. The number of sulfonamides is 1. The summed E-state index contributed by atoms with van der Waals surface area (Å²) in [6.45, 7) is 1.76. The zero-order chi connectivity index (χ0) is 18.0. The molecule has 0 saturated carbocycles. The second-order valence-corrected chi connectivity index (χ2v) is 8.12. The zero-order valence-electron chi connectivity index (χ0n) is 12.4. The fourth-order valence-electron chi connectivity index (χ4n) is 2.03. The summed E-state index contributed by atoms with van der Waals surface area (Å²) in [5, 5.41) is 0.0166. The normalized spacial score (nSPS) is 12.2. The Morgan fingerprint density at radius 1 is 1.12 bits per heavy atom. The first kappa shape index (κ1) is 19.0. The second-order valence-electron chi connectivity index (χ2n) is 4.60. The number of thioether (sulfide) groups is 1. The van der Waals surface area contributed by atoms with Gasteiger partial charge in [-0.3, -0.25) is 0 Å². The Bertz CT molecular complexity index is 811. The fraction of sp³-hybridized carbons (Fsp3) is 0.200. The molecule has 130 valence electrons. The van der Waals surface area contributed by atoms with E-state index in [2.05, 4.69) is 0 Å². The van der Waals surface area contributed by atoms with Crippen molar-refractivity contribution in [1.29, 1.82) is 0 Å². The molecule has 0 spiro atoms. The molecule has 0 bridgehead atoms. The molecule has 0 aliphatic rings. The van der Waals surface area contributed by atoms with Gasteiger partial charge >= 0.3 is 6.30 Å². The van der Waals surface area contributed by atoms with Gasteiger partial charge in [-0.1, -0.05) is 36.7 Å². The number of alkyl halides is 3. The van der Waals surface area contributed by atoms with Crippen LogP contribution in [0.1, 0.15) is 6.92 Å². The molecule has 0 radical (unpaired) electrons. The fourth-order valence-corrected chi connectivity index (χ4v) is 4.42. The largest absolute Gasteiger partial charge is 0.498 e. The molecule has 3 nitrogen and oxygen atoms in total. The molecule has 0 aromatic heterocycles. The average molecular weight is 396 g/mol. The summed E-state index contributed by atoms with van der Waals surface area (Å²) in [5.41, 5.74) is -0.509. The molecule has 0 fully saturated rings. The maximum Gasteiger partial charge on any atom is 0.498 e. The summed E-state index contributed by atoms with van der Waals surface area (Å²) < 4.78 is 65.6. The molecule has 0 unspecified atom stereocenters. The molecule has 0 atom stereocenters. The number of hydrogen-bond donors (Lipinski definition) is 0. The molecule has 0 aliphatic heterocycles. The van der Waals surface area contributed by atoms with E-state index in [1.54, 1.807) is 6.92 Å². The van der Waals surface area contributed by atoms with Crippen molar-refractivity contribution in [2.45, 2.75) is 23.0 Å². The van der Waals surface area contributed by atoms with Gasteiger partial charge in [-0.15, -0.1) is 24.9 Å². The lowest BCUT2D eigenvalue weighted by Crippen LogP contribution is -2.43. The first-order valence-electron chi connectivity index (χ1n) is 6.77. The van der Waals surface area contributed by atoms with Crippen LogP contribution in [0.4, 0.5) is 18.9 Å². The van der Waals surface area contributed by atoms with Crippen LogP contribution >= 0.6 is 23.4 Å². The molecular formula is C15H13ClF3NO2S2. The topological polar surface area (TPSA) is 37.4 Å². The zero-order valence-corrected chi connectivity index (χ0v) is 14.8. The van der Waals surface area contributed by atoms with Crippen LogP contribution in [0, 0.1) is 0 Å². The summed E-state index contributed by atoms with van der Waals surface area (Å²) in [5.74, 6) is 0.478. The van der Waals surface area contributed by atoms with Gasteiger partial charge in [-0.25, -0.2) is 8.42 Å². The second kappa shape index (κ2) is 7.25. The smallest absolute Gasteiger partial charge is 0.201 e. The van der Waals surface area contributed by atoms with Crippen LogP contribution in [0.25, 0.3) is 0 Å². The molecule has 2 aromatic rings. The van der Waals surface area contributed by atoms with Gasteiger partial charge in [0.05, 0.1) is 10.6 Å². The Hall–Kier alpha value is -1.38. The van der Waals surface area contributed by atoms with Gasteiger partial charge in [0.15, 0.2) is 0 Å². The van der Waals surface area contributed by atoms with Gasteiger partial charge in [0, 0.05) is 9.92 Å². The van der Waals surface area contributed by atoms with E-state index in [1.165, 1.54) is 30.3 Å². The van der Waals surface area contributed by atoms with E-state index in [0.717, 1.165) is 30.0 Å². The third-order valence-corrected chi connectivity index (χ3v) is 5.88. The first-order chi connectivity index (χ1) is 11.2. The van der Waals surface area contributed by atoms with E-state index in [-0.39, 0.29) is 9.92 Å². The number of rotatable bonds is 5. The van der Waals surface area contributed by atoms with Crippen molar-refractivity contribution in [2.75, 3.05) is 10.1 Å². The predicted molar refractivity (Wildman–Crippen MR) is 90.0 cm³/mol. The average Bonchev–Trinajstić information content (AvgIpc) is 2.49. The van der Waals surface area contributed by atoms with Crippen molar-refractivity contribution in [3.05, 3.63) is 53.6 Å². The van der Waals surface area contributed by atoms with Crippen molar-refractivity contribution in [2.24, 2.45) is 0 Å². The molecule has 24 heavy (non-hydrogen) atoms. The molecule has 0 heterocycles. The van der Waals surface area contributed by atoms with Crippen molar-refractivity contribution < 1.29 is 21.6 Å². The van der Waals surface area contributed by atoms with Gasteiger partial charge in [0.25, 0.3) is 10.0 Å². The van der Waals surface area contributed by atoms with E-state index in [4.69, 9.17) is 11.6 Å². The van der Waals surface area contributed by atoms with E-state index < -0.39 is 31.2 Å². The Kier molecular flexibility index (Phi) is 5.72. The van der Waals surface area contributed by atoms with Crippen molar-refractivity contribution in [3.8, 4) is 0 Å². The summed E-state index contributed by atoms with van der Waals surface area (Å²) in [6.07, 6.45) is -5.14. The summed E-state index contributed by atoms with van der Waals surface area (Å²) in [4.78, 5) is -0.270. The van der Waals surface area contributed by atoms with Crippen molar-refractivity contribution in [3.63, 3.8) is 0 Å². The quantitative estimate of drug-likeness (QED) is 0.518. The summed E-state index contributed by atoms with van der Waals surface area (Å²) in [7, 11) is -4.83. The van der Waals surface area contributed by atoms with Gasteiger partial charge < -0.3 is 0 Å². The highest BCUT2D eigenvalue weighted by atomic mass is 35.5. The van der Waals surface area contributed by atoms with Crippen LogP contribution < -0.4 is 4.31 Å². The van der Waals surface area contributed by atoms with E-state index in [1.807, 2.05) is 0 Å². The summed E-state index contributed by atoms with van der Waals surface area (Å²) in [6, 6.07) is 10.3. The maximum atomic E-state index is 13.6. The Balaban J connectivity index is 2.70. The number of hydrogen-bond acceptors (Lipinski definition) is 3. The molecular weight excluding hydrogens is 383 g/mol. The summed E-state index contributed by atoms with van der Waals surface area (Å²) >= 11 is 6.91. The number of anilines is 1. The third kappa shape index (κ3) is 3.99. The number of benzene rings is 2. The third-order valence-electron chi connectivity index (χ3n) is 2.95. The van der Waals surface area contributed by atoms with Crippen LogP contribution in [-0.4, -0.2) is 20.5 Å². The van der Waals surface area contributed by atoms with E-state index in [0.29, 0.717) is 5.75 Å². The molecule has 0 aliphatic carbocycles. The van der Waals surface area contributed by atoms with Crippen molar-refractivity contribution >= 4 is 39.1 Å². The highest BCUT2D eigenvalue weighted by Crippen LogP contribution is 2.41. The van der Waals surface area contributed by atoms with Crippen LogP contribution in [0.15, 0.2) is 58.3 Å². The minimum absolute atomic E-state index is 0.0166. The monoisotopic (exact) mass is 395 g/mol. The molecule has 2 aromatic carbocycles. The van der Waals surface area contributed by atoms with Gasteiger partial charge in [0.1, 0.15) is 0 Å². The molecule has 0 saturated heterocycles. The van der Waals surface area contributed by atoms with Crippen LogP contribution in [0.3, 0.4) is 0 Å². The lowest BCUT2D eigenvalue weighted by atomic mass is 10.3. The van der Waals surface area contributed by atoms with Crippen LogP contribution in [0.2, 0.25) is 5.02 Å². The first-order valence-corrected chi connectivity index (χ1v) is 9.58. The maximum absolute atomic E-state index is 13.6. The molecule has 0 amide bonds. The Morgan fingerprint density at radius 2 is 1.75 bits per heavy atom.